The van der Waals surface area contributed by atoms with Gasteiger partial charge in [0.1, 0.15) is 11.6 Å². The van der Waals surface area contributed by atoms with Crippen LogP contribution < -0.4 is 10.1 Å². The average Bonchev–Trinajstić information content (AvgIpc) is 3.17. The lowest BCUT2D eigenvalue weighted by atomic mass is 9.70. The first-order chi connectivity index (χ1) is 15.0. The third-order valence-corrected chi connectivity index (χ3v) is 6.69. The average molecular weight is 419 g/mol. The summed E-state index contributed by atoms with van der Waals surface area (Å²) in [6, 6.07) is 10.1. The number of nitrogens with zero attached hydrogens (tertiary/aromatic N) is 2. The smallest absolute Gasteiger partial charge is 0.121 e. The van der Waals surface area contributed by atoms with Crippen LogP contribution in [0, 0.1) is 23.7 Å². The molecular formula is C26H34N4O. The van der Waals surface area contributed by atoms with Crippen molar-refractivity contribution in [3.63, 3.8) is 0 Å². The highest BCUT2D eigenvalue weighted by molar-refractivity contribution is 5.76. The van der Waals surface area contributed by atoms with Crippen molar-refractivity contribution in [1.82, 2.24) is 20.3 Å². The molecule has 164 valence electrons. The lowest BCUT2D eigenvalue weighted by molar-refractivity contribution is 0.221. The van der Waals surface area contributed by atoms with Crippen molar-refractivity contribution in [3.05, 3.63) is 65.8 Å². The van der Waals surface area contributed by atoms with Gasteiger partial charge in [0.05, 0.1) is 18.1 Å². The Labute approximate surface area is 185 Å². The number of nitrogens with one attached hydrogen (secondary N) is 2. The van der Waals surface area contributed by atoms with Crippen LogP contribution in [-0.4, -0.2) is 28.6 Å². The van der Waals surface area contributed by atoms with E-state index in [2.05, 4.69) is 48.2 Å². The van der Waals surface area contributed by atoms with E-state index in [1.165, 1.54) is 17.6 Å². The number of benzene rings is 1. The van der Waals surface area contributed by atoms with Crippen molar-refractivity contribution in [2.75, 3.05) is 13.7 Å². The Kier molecular flexibility index (Phi) is 6.71. The van der Waals surface area contributed by atoms with Crippen LogP contribution in [0.5, 0.6) is 5.75 Å². The maximum Gasteiger partial charge on any atom is 0.121 e. The number of aromatic amines is 1. The van der Waals surface area contributed by atoms with Gasteiger partial charge in [-0.2, -0.15) is 0 Å². The standard InChI is InChI=1S/C26H34N4O/c1-17(2)23-11-20(12-26-29-24-8-7-22(31-4)13-25(24)30-26)18(3)10-21(23)16-28-15-19-6-5-9-27-14-19/h5-10,13-14,17,20-21,23,28H,11-12,15-16H2,1-4H3,(H,29,30)/t20-,21-,23-/m0/s1. The molecule has 0 spiro atoms. The summed E-state index contributed by atoms with van der Waals surface area (Å²) in [5.41, 5.74) is 4.78. The van der Waals surface area contributed by atoms with Crippen molar-refractivity contribution in [3.8, 4) is 5.75 Å². The lowest BCUT2D eigenvalue weighted by Crippen LogP contribution is -2.34. The van der Waals surface area contributed by atoms with Crippen LogP contribution in [-0.2, 0) is 13.0 Å². The second-order valence-corrected chi connectivity index (χ2v) is 9.18. The van der Waals surface area contributed by atoms with Gasteiger partial charge in [-0.1, -0.05) is 31.6 Å². The highest BCUT2D eigenvalue weighted by atomic mass is 16.5. The van der Waals surface area contributed by atoms with Crippen LogP contribution in [0.2, 0.25) is 0 Å². The fourth-order valence-corrected chi connectivity index (χ4v) is 4.89. The number of rotatable bonds is 8. The lowest BCUT2D eigenvalue weighted by Gasteiger charge is -2.37. The summed E-state index contributed by atoms with van der Waals surface area (Å²) in [6.07, 6.45) is 8.44. The third-order valence-electron chi connectivity index (χ3n) is 6.69. The zero-order chi connectivity index (χ0) is 21.8. The first-order valence-electron chi connectivity index (χ1n) is 11.3. The van der Waals surface area contributed by atoms with Gasteiger partial charge in [0.15, 0.2) is 0 Å². The number of fused-ring (bicyclic) bond motifs is 1. The van der Waals surface area contributed by atoms with Crippen molar-refractivity contribution >= 4 is 11.0 Å². The maximum atomic E-state index is 5.34. The largest absolute Gasteiger partial charge is 0.497 e. The van der Waals surface area contributed by atoms with Gasteiger partial charge >= 0.3 is 0 Å². The number of methoxy groups -OCH3 is 1. The Hall–Kier alpha value is -2.66. The second kappa shape index (κ2) is 9.65. The van der Waals surface area contributed by atoms with E-state index >= 15 is 0 Å². The van der Waals surface area contributed by atoms with Gasteiger partial charge in [0.25, 0.3) is 0 Å². The number of aromatic nitrogens is 3. The minimum Gasteiger partial charge on any atom is -0.497 e. The van der Waals surface area contributed by atoms with E-state index in [1.807, 2.05) is 36.7 Å². The molecule has 1 aliphatic rings. The maximum absolute atomic E-state index is 5.34. The van der Waals surface area contributed by atoms with Crippen LogP contribution in [0.3, 0.4) is 0 Å². The Bertz CT molecular complexity index is 1020. The van der Waals surface area contributed by atoms with Gasteiger partial charge in [-0.15, -0.1) is 0 Å². The molecule has 0 radical (unpaired) electrons. The van der Waals surface area contributed by atoms with Gasteiger partial charge in [-0.25, -0.2) is 4.98 Å². The van der Waals surface area contributed by atoms with Gasteiger partial charge in [0, 0.05) is 38.0 Å². The quantitative estimate of drug-likeness (QED) is 0.497. The molecule has 3 aromatic rings. The van der Waals surface area contributed by atoms with E-state index in [4.69, 9.17) is 9.72 Å². The molecule has 0 saturated heterocycles. The molecule has 0 amide bonds. The molecule has 2 N–H and O–H groups in total. The molecule has 5 nitrogen and oxygen atoms in total. The molecule has 3 atom stereocenters. The monoisotopic (exact) mass is 418 g/mol. The van der Waals surface area contributed by atoms with Gasteiger partial charge in [-0.3, -0.25) is 4.98 Å². The van der Waals surface area contributed by atoms with Gasteiger partial charge < -0.3 is 15.0 Å². The summed E-state index contributed by atoms with van der Waals surface area (Å²) in [7, 11) is 1.70. The Morgan fingerprint density at radius 3 is 2.87 bits per heavy atom. The Morgan fingerprint density at radius 2 is 2.13 bits per heavy atom. The van der Waals surface area contributed by atoms with E-state index in [-0.39, 0.29) is 0 Å². The number of imidazole rings is 1. The van der Waals surface area contributed by atoms with E-state index in [9.17, 15) is 0 Å². The molecule has 0 aliphatic heterocycles. The molecule has 0 unspecified atom stereocenters. The van der Waals surface area contributed by atoms with E-state index in [1.54, 1.807) is 7.11 Å². The third kappa shape index (κ3) is 5.16. The minimum absolute atomic E-state index is 0.532. The number of H-pyrrole nitrogens is 1. The number of hydrogen-bond acceptors (Lipinski definition) is 4. The number of allylic oxidation sites excluding steroid dienone is 1. The SMILES string of the molecule is COc1ccc2nc(C[C@@H]3C[C@@H](C(C)C)[C@H](CNCc4cccnc4)C=C3C)[nH]c2c1. The first kappa shape index (κ1) is 21.6. The molecule has 0 bridgehead atoms. The summed E-state index contributed by atoms with van der Waals surface area (Å²) in [5.74, 6) is 4.34. The van der Waals surface area contributed by atoms with E-state index in [0.29, 0.717) is 23.7 Å². The summed E-state index contributed by atoms with van der Waals surface area (Å²) in [5, 5.41) is 3.65. The predicted octanol–water partition coefficient (Wildman–Crippen LogP) is 5.15. The molecule has 0 fully saturated rings. The van der Waals surface area contributed by atoms with Crippen LogP contribution >= 0.6 is 0 Å². The van der Waals surface area contributed by atoms with E-state index in [0.717, 1.165) is 42.1 Å². The fraction of sp³-hybridized carbons (Fsp3) is 0.462. The van der Waals surface area contributed by atoms with Crippen LogP contribution in [0.15, 0.2) is 54.4 Å². The number of pyridine rings is 1. The normalized spacial score (nSPS) is 21.5. The van der Waals surface area contributed by atoms with Crippen molar-refractivity contribution < 1.29 is 4.74 Å². The van der Waals surface area contributed by atoms with Gasteiger partial charge in [-0.05, 0) is 60.8 Å². The molecular weight excluding hydrogens is 384 g/mol. The molecule has 2 aromatic heterocycles. The minimum atomic E-state index is 0.532. The summed E-state index contributed by atoms with van der Waals surface area (Å²) >= 11 is 0. The zero-order valence-electron chi connectivity index (χ0n) is 19.1. The van der Waals surface area contributed by atoms with Crippen LogP contribution in [0.1, 0.15) is 38.6 Å². The highest BCUT2D eigenvalue weighted by Gasteiger charge is 2.31. The second-order valence-electron chi connectivity index (χ2n) is 9.18. The molecule has 1 aliphatic carbocycles. The predicted molar refractivity (Wildman–Crippen MR) is 126 cm³/mol. The topological polar surface area (TPSA) is 62.8 Å². The summed E-state index contributed by atoms with van der Waals surface area (Å²) in [4.78, 5) is 12.6. The zero-order valence-corrected chi connectivity index (χ0v) is 19.1. The molecule has 31 heavy (non-hydrogen) atoms. The molecule has 1 aromatic carbocycles. The summed E-state index contributed by atoms with van der Waals surface area (Å²) < 4.78 is 5.34. The number of hydrogen-bond donors (Lipinski definition) is 2. The molecule has 2 heterocycles. The summed E-state index contributed by atoms with van der Waals surface area (Å²) in [6.45, 7) is 8.89. The van der Waals surface area contributed by atoms with Crippen LogP contribution in [0.4, 0.5) is 0 Å². The fourth-order valence-electron chi connectivity index (χ4n) is 4.89. The van der Waals surface area contributed by atoms with Crippen molar-refractivity contribution in [2.45, 2.75) is 40.2 Å². The molecule has 0 saturated carbocycles. The Balaban J connectivity index is 1.44. The first-order valence-corrected chi connectivity index (χ1v) is 11.3. The van der Waals surface area contributed by atoms with Crippen LogP contribution in [0.25, 0.3) is 11.0 Å². The van der Waals surface area contributed by atoms with Crippen molar-refractivity contribution in [1.29, 1.82) is 0 Å². The Morgan fingerprint density at radius 1 is 1.26 bits per heavy atom. The van der Waals surface area contributed by atoms with Crippen molar-refractivity contribution in [2.24, 2.45) is 23.7 Å². The molecule has 4 rings (SSSR count). The van der Waals surface area contributed by atoms with E-state index < -0.39 is 0 Å². The molecule has 5 heteroatoms. The van der Waals surface area contributed by atoms with Gasteiger partial charge in [0.2, 0.25) is 0 Å². The highest BCUT2D eigenvalue weighted by Crippen LogP contribution is 2.38. The number of ether oxygens (including phenoxy) is 1.